The van der Waals surface area contributed by atoms with E-state index < -0.39 is 0 Å². The number of pyridine rings is 1. The maximum absolute atomic E-state index is 5.80. The van der Waals surface area contributed by atoms with E-state index in [-0.39, 0.29) is 0 Å². The molecule has 0 fully saturated rings. The molecule has 17 heavy (non-hydrogen) atoms. The van der Waals surface area contributed by atoms with Crippen LogP contribution in [0, 0.1) is 6.92 Å². The lowest BCUT2D eigenvalue weighted by molar-refractivity contribution is 0.961. The van der Waals surface area contributed by atoms with Gasteiger partial charge >= 0.3 is 0 Å². The first-order valence-corrected chi connectivity index (χ1v) is 6.48. The van der Waals surface area contributed by atoms with E-state index in [1.54, 1.807) is 23.5 Å². The summed E-state index contributed by atoms with van der Waals surface area (Å²) in [6.45, 7) is 2.73. The van der Waals surface area contributed by atoms with E-state index in [1.807, 2.05) is 6.92 Å². The molecule has 0 aromatic carbocycles. The Morgan fingerprint density at radius 1 is 1.41 bits per heavy atom. The molecule has 0 saturated heterocycles. The van der Waals surface area contributed by atoms with Crippen molar-refractivity contribution in [2.75, 3.05) is 17.6 Å². The third kappa shape index (κ3) is 3.31. The zero-order chi connectivity index (χ0) is 12.3. The fourth-order valence-electron chi connectivity index (χ4n) is 1.42. The van der Waals surface area contributed by atoms with Gasteiger partial charge in [0.05, 0.1) is 16.4 Å². The number of anilines is 2. The standard InChI is InChI=1S/C11H13ClN4S/c1-7-15-8(6-17-7)4-5-14-11-9(13)2-3-10(12)16-11/h2-3,6H,4-5,13H2,1H3,(H,14,16). The third-order valence-electron chi connectivity index (χ3n) is 2.23. The van der Waals surface area contributed by atoms with Crippen LogP contribution in [0.3, 0.4) is 0 Å². The molecule has 90 valence electrons. The van der Waals surface area contributed by atoms with Gasteiger partial charge < -0.3 is 11.1 Å². The van der Waals surface area contributed by atoms with E-state index >= 15 is 0 Å². The van der Waals surface area contributed by atoms with Gasteiger partial charge in [-0.15, -0.1) is 11.3 Å². The molecule has 0 saturated carbocycles. The van der Waals surface area contributed by atoms with Gasteiger partial charge in [-0.05, 0) is 19.1 Å². The Labute approximate surface area is 109 Å². The topological polar surface area (TPSA) is 63.8 Å². The van der Waals surface area contributed by atoms with Crippen LogP contribution in [0.15, 0.2) is 17.5 Å². The molecule has 0 atom stereocenters. The van der Waals surface area contributed by atoms with Gasteiger partial charge in [0.25, 0.3) is 0 Å². The summed E-state index contributed by atoms with van der Waals surface area (Å²) in [6, 6.07) is 3.41. The zero-order valence-corrected chi connectivity index (χ0v) is 11.0. The molecular formula is C11H13ClN4S. The number of hydrogen-bond donors (Lipinski definition) is 2. The molecule has 0 unspecified atom stereocenters. The quantitative estimate of drug-likeness (QED) is 0.837. The van der Waals surface area contributed by atoms with Crippen molar-refractivity contribution in [2.45, 2.75) is 13.3 Å². The van der Waals surface area contributed by atoms with Crippen molar-refractivity contribution in [2.24, 2.45) is 0 Å². The van der Waals surface area contributed by atoms with E-state index in [9.17, 15) is 0 Å². The summed E-state index contributed by atoms with van der Waals surface area (Å²) in [5, 5.41) is 6.74. The number of nitrogens with one attached hydrogen (secondary N) is 1. The Bertz CT molecular complexity index is 512. The van der Waals surface area contributed by atoms with Crippen LogP contribution in [0.1, 0.15) is 10.7 Å². The smallest absolute Gasteiger partial charge is 0.150 e. The second-order valence-corrected chi connectivity index (χ2v) is 5.06. The Morgan fingerprint density at radius 3 is 2.94 bits per heavy atom. The summed E-state index contributed by atoms with van der Waals surface area (Å²) in [5.74, 6) is 0.629. The fraction of sp³-hybridized carbons (Fsp3) is 0.273. The summed E-state index contributed by atoms with van der Waals surface area (Å²) < 4.78 is 0. The summed E-state index contributed by atoms with van der Waals surface area (Å²) >= 11 is 7.45. The highest BCUT2D eigenvalue weighted by Crippen LogP contribution is 2.18. The molecule has 2 aromatic heterocycles. The van der Waals surface area contributed by atoms with Crippen molar-refractivity contribution in [1.82, 2.24) is 9.97 Å². The van der Waals surface area contributed by atoms with Crippen molar-refractivity contribution in [3.8, 4) is 0 Å². The first-order valence-electron chi connectivity index (χ1n) is 5.22. The average Bonchev–Trinajstić information content (AvgIpc) is 2.69. The first kappa shape index (κ1) is 12.1. The van der Waals surface area contributed by atoms with Crippen molar-refractivity contribution in [3.63, 3.8) is 0 Å². The van der Waals surface area contributed by atoms with Crippen molar-refractivity contribution < 1.29 is 0 Å². The van der Waals surface area contributed by atoms with Crippen LogP contribution < -0.4 is 11.1 Å². The van der Waals surface area contributed by atoms with Gasteiger partial charge in [-0.2, -0.15) is 0 Å². The van der Waals surface area contributed by atoms with Gasteiger partial charge in [0.1, 0.15) is 5.15 Å². The number of hydrogen-bond acceptors (Lipinski definition) is 5. The molecule has 0 bridgehead atoms. The number of thiazole rings is 1. The average molecular weight is 269 g/mol. The largest absolute Gasteiger partial charge is 0.396 e. The Hall–Kier alpha value is -1.33. The third-order valence-corrected chi connectivity index (χ3v) is 3.27. The molecule has 2 heterocycles. The molecule has 0 aliphatic carbocycles. The van der Waals surface area contributed by atoms with E-state index in [1.165, 1.54) is 0 Å². The van der Waals surface area contributed by atoms with Gasteiger partial charge in [0, 0.05) is 18.3 Å². The minimum atomic E-state index is 0.436. The molecule has 0 amide bonds. The Morgan fingerprint density at radius 2 is 2.24 bits per heavy atom. The van der Waals surface area contributed by atoms with Gasteiger partial charge in [-0.3, -0.25) is 0 Å². The molecule has 0 radical (unpaired) electrons. The maximum Gasteiger partial charge on any atom is 0.150 e. The molecule has 0 spiro atoms. The summed E-state index contributed by atoms with van der Waals surface area (Å²) in [6.07, 6.45) is 0.845. The number of aromatic nitrogens is 2. The molecule has 4 nitrogen and oxygen atoms in total. The van der Waals surface area contributed by atoms with Gasteiger partial charge in [0.15, 0.2) is 5.82 Å². The van der Waals surface area contributed by atoms with Crippen LogP contribution in [0.5, 0.6) is 0 Å². The second kappa shape index (κ2) is 5.33. The number of nitrogens with zero attached hydrogens (tertiary/aromatic N) is 2. The lowest BCUT2D eigenvalue weighted by atomic mass is 10.3. The summed E-state index contributed by atoms with van der Waals surface area (Å²) in [4.78, 5) is 8.50. The SMILES string of the molecule is Cc1nc(CCNc2nc(Cl)ccc2N)cs1. The van der Waals surface area contributed by atoms with Gasteiger partial charge in [0.2, 0.25) is 0 Å². The molecule has 3 N–H and O–H groups in total. The number of rotatable bonds is 4. The minimum absolute atomic E-state index is 0.436. The van der Waals surface area contributed by atoms with Crippen LogP contribution in [0.25, 0.3) is 0 Å². The molecule has 6 heteroatoms. The number of nitrogen functional groups attached to an aromatic ring is 1. The minimum Gasteiger partial charge on any atom is -0.396 e. The highest BCUT2D eigenvalue weighted by atomic mass is 35.5. The predicted octanol–water partition coefficient (Wildman–Crippen LogP) is 2.74. The van der Waals surface area contributed by atoms with Crippen molar-refractivity contribution in [1.29, 1.82) is 0 Å². The van der Waals surface area contributed by atoms with Crippen LogP contribution in [0.4, 0.5) is 11.5 Å². The normalized spacial score (nSPS) is 10.5. The number of aryl methyl sites for hydroxylation is 1. The lowest BCUT2D eigenvalue weighted by Crippen LogP contribution is -2.08. The Balaban J connectivity index is 1.91. The van der Waals surface area contributed by atoms with E-state index in [0.717, 1.165) is 23.7 Å². The molecule has 2 rings (SSSR count). The maximum atomic E-state index is 5.80. The first-order chi connectivity index (χ1) is 8.15. The summed E-state index contributed by atoms with van der Waals surface area (Å²) in [7, 11) is 0. The van der Waals surface area contributed by atoms with Crippen LogP contribution >= 0.6 is 22.9 Å². The van der Waals surface area contributed by atoms with Gasteiger partial charge in [-0.1, -0.05) is 11.6 Å². The molecular weight excluding hydrogens is 256 g/mol. The van der Waals surface area contributed by atoms with E-state index in [4.69, 9.17) is 17.3 Å². The predicted molar refractivity (Wildman–Crippen MR) is 72.7 cm³/mol. The monoisotopic (exact) mass is 268 g/mol. The number of halogens is 1. The van der Waals surface area contributed by atoms with Crippen molar-refractivity contribution in [3.05, 3.63) is 33.4 Å². The van der Waals surface area contributed by atoms with Gasteiger partial charge in [-0.25, -0.2) is 9.97 Å². The van der Waals surface area contributed by atoms with E-state index in [0.29, 0.717) is 16.7 Å². The lowest BCUT2D eigenvalue weighted by Gasteiger charge is -2.07. The van der Waals surface area contributed by atoms with Crippen LogP contribution in [-0.2, 0) is 6.42 Å². The fourth-order valence-corrected chi connectivity index (χ4v) is 2.21. The molecule has 2 aromatic rings. The summed E-state index contributed by atoms with van der Waals surface area (Å²) in [5.41, 5.74) is 7.46. The number of nitrogens with two attached hydrogens (primary N) is 1. The Kier molecular flexibility index (Phi) is 3.81. The van der Waals surface area contributed by atoms with Crippen LogP contribution in [0.2, 0.25) is 5.15 Å². The zero-order valence-electron chi connectivity index (χ0n) is 9.40. The van der Waals surface area contributed by atoms with Crippen molar-refractivity contribution >= 4 is 34.4 Å². The highest BCUT2D eigenvalue weighted by molar-refractivity contribution is 7.09. The molecule has 0 aliphatic rings. The van der Waals surface area contributed by atoms with E-state index in [2.05, 4.69) is 20.7 Å². The highest BCUT2D eigenvalue weighted by Gasteiger charge is 2.02. The second-order valence-electron chi connectivity index (χ2n) is 3.61. The molecule has 0 aliphatic heterocycles. The van der Waals surface area contributed by atoms with Crippen LogP contribution in [-0.4, -0.2) is 16.5 Å².